The first-order valence-electron chi connectivity index (χ1n) is 19.8. The zero-order valence-electron chi connectivity index (χ0n) is 32.2. The van der Waals surface area contributed by atoms with E-state index in [1.807, 2.05) is 140 Å². The Balaban J connectivity index is 1.21. The molecule has 0 bridgehead atoms. The highest BCUT2D eigenvalue weighted by Gasteiger charge is 2.32. The van der Waals surface area contributed by atoms with Crippen molar-refractivity contribution in [1.29, 1.82) is 0 Å². The number of nitrogens with zero attached hydrogens (tertiary/aromatic N) is 1. The molecule has 5 heteroatoms. The van der Waals surface area contributed by atoms with Gasteiger partial charge in [-0.3, -0.25) is 0 Å². The average Bonchev–Trinajstić information content (AvgIpc) is 3.65. The predicted octanol–water partition coefficient (Wildman–Crippen LogP) is 11.4. The first kappa shape index (κ1) is 36.6. The van der Waals surface area contributed by atoms with Gasteiger partial charge >= 0.3 is 0 Å². The van der Waals surface area contributed by atoms with Gasteiger partial charge in [0.2, 0.25) is 0 Å². The third kappa shape index (κ3) is 6.32. The maximum absolute atomic E-state index is 15.7. The first-order chi connectivity index (χ1) is 29.0. The van der Waals surface area contributed by atoms with Crippen LogP contribution >= 0.6 is 14.3 Å². The minimum Gasteiger partial charge on any atom is -0.309 e. The van der Waals surface area contributed by atoms with E-state index in [0.717, 1.165) is 70.4 Å². The molecule has 0 aliphatic heterocycles. The summed E-state index contributed by atoms with van der Waals surface area (Å²) in [5.74, 6) is 0. The van der Waals surface area contributed by atoms with Crippen LogP contribution in [0.25, 0.3) is 49.7 Å². The van der Waals surface area contributed by atoms with Gasteiger partial charge < -0.3 is 13.7 Å². The van der Waals surface area contributed by atoms with Crippen molar-refractivity contribution in [2.75, 3.05) is 0 Å². The van der Waals surface area contributed by atoms with Gasteiger partial charge in [0.05, 0.1) is 11.0 Å². The summed E-state index contributed by atoms with van der Waals surface area (Å²) >= 11 is 0. The average molecular weight is 796 g/mol. The number of benzene rings is 9. The Morgan fingerprint density at radius 2 is 0.610 bits per heavy atom. The van der Waals surface area contributed by atoms with Gasteiger partial charge in [-0.1, -0.05) is 188 Å². The molecule has 0 saturated heterocycles. The van der Waals surface area contributed by atoms with Crippen LogP contribution < -0.4 is 31.8 Å². The summed E-state index contributed by atoms with van der Waals surface area (Å²) in [5, 5.41) is 6.48. The van der Waals surface area contributed by atoms with E-state index in [9.17, 15) is 0 Å². The predicted molar refractivity (Wildman–Crippen MR) is 250 cm³/mol. The van der Waals surface area contributed by atoms with Crippen LogP contribution in [0.1, 0.15) is 0 Å². The van der Waals surface area contributed by atoms with E-state index in [1.165, 1.54) is 11.1 Å². The van der Waals surface area contributed by atoms with E-state index in [-0.39, 0.29) is 0 Å². The van der Waals surface area contributed by atoms with Crippen molar-refractivity contribution in [2.45, 2.75) is 0 Å². The third-order valence-electron chi connectivity index (χ3n) is 11.4. The molecular weight excluding hydrogens is 757 g/mol. The summed E-state index contributed by atoms with van der Waals surface area (Å²) in [5.41, 5.74) is 7.58. The normalized spacial score (nSPS) is 11.9. The molecule has 0 amide bonds. The molecule has 59 heavy (non-hydrogen) atoms. The number of rotatable bonds is 9. The standard InChI is InChI=1S/C54H39NO2P2/c56-58(43-20-8-2-9-21-43,44-22-10-3-11-23-44)47-34-36-53-51(38-47)52-39-48(59(57,45-24-12-4-13-25-45)46-26-14-5-15-27-46)35-37-54(52)55(53)42-32-30-41(31-33-42)50-29-17-16-28-49(50)40-18-6-1-7-19-40/h1-39H. The molecule has 0 aliphatic carbocycles. The van der Waals surface area contributed by atoms with Crippen LogP contribution in [0.5, 0.6) is 0 Å². The molecule has 0 N–H and O–H groups in total. The van der Waals surface area contributed by atoms with Gasteiger partial charge in [0.25, 0.3) is 0 Å². The Hall–Kier alpha value is -6.76. The van der Waals surface area contributed by atoms with Gasteiger partial charge in [-0.05, 0) is 70.8 Å². The van der Waals surface area contributed by atoms with Crippen molar-refractivity contribution >= 4 is 67.9 Å². The molecule has 3 nitrogen and oxygen atoms in total. The zero-order valence-corrected chi connectivity index (χ0v) is 34.0. The van der Waals surface area contributed by atoms with Crippen LogP contribution in [-0.2, 0) is 9.13 Å². The Kier molecular flexibility index (Phi) is 9.42. The van der Waals surface area contributed by atoms with E-state index in [1.54, 1.807) is 0 Å². The second-order valence-electron chi connectivity index (χ2n) is 14.8. The van der Waals surface area contributed by atoms with Crippen molar-refractivity contribution < 1.29 is 9.13 Å². The summed E-state index contributed by atoms with van der Waals surface area (Å²) in [6.45, 7) is 0. The third-order valence-corrected chi connectivity index (χ3v) is 17.5. The van der Waals surface area contributed by atoms with Crippen molar-refractivity contribution in [1.82, 2.24) is 4.57 Å². The van der Waals surface area contributed by atoms with Crippen molar-refractivity contribution in [3.05, 3.63) is 237 Å². The molecule has 282 valence electrons. The number of fused-ring (bicyclic) bond motifs is 3. The highest BCUT2D eigenvalue weighted by Crippen LogP contribution is 2.46. The quantitative estimate of drug-likeness (QED) is 0.137. The lowest BCUT2D eigenvalue weighted by Gasteiger charge is -2.20. The van der Waals surface area contributed by atoms with Gasteiger partial charge in [0, 0.05) is 48.3 Å². The van der Waals surface area contributed by atoms with E-state index in [0.29, 0.717) is 0 Å². The molecule has 0 unspecified atom stereocenters. The van der Waals surface area contributed by atoms with Crippen LogP contribution in [0.3, 0.4) is 0 Å². The number of hydrogen-bond donors (Lipinski definition) is 0. The lowest BCUT2D eigenvalue weighted by molar-refractivity contribution is 0.591. The van der Waals surface area contributed by atoms with Crippen LogP contribution in [0.4, 0.5) is 0 Å². The molecule has 0 atom stereocenters. The maximum atomic E-state index is 15.7. The lowest BCUT2D eigenvalue weighted by atomic mass is 9.94. The molecule has 0 radical (unpaired) electrons. The van der Waals surface area contributed by atoms with Crippen molar-refractivity contribution in [3.8, 4) is 27.9 Å². The van der Waals surface area contributed by atoms with Gasteiger partial charge in [-0.15, -0.1) is 0 Å². The minimum absolute atomic E-state index is 0.744. The fraction of sp³-hybridized carbons (Fsp3) is 0. The number of hydrogen-bond acceptors (Lipinski definition) is 2. The highest BCUT2D eigenvalue weighted by molar-refractivity contribution is 7.85. The van der Waals surface area contributed by atoms with Crippen LogP contribution in [-0.4, -0.2) is 4.57 Å². The molecule has 0 saturated carbocycles. The van der Waals surface area contributed by atoms with Crippen LogP contribution in [0, 0.1) is 0 Å². The van der Waals surface area contributed by atoms with Gasteiger partial charge in [-0.2, -0.15) is 0 Å². The van der Waals surface area contributed by atoms with Crippen LogP contribution in [0.2, 0.25) is 0 Å². The largest absolute Gasteiger partial charge is 0.309 e. The summed E-state index contributed by atoms with van der Waals surface area (Å²) in [6.07, 6.45) is 0. The fourth-order valence-corrected chi connectivity index (χ4v) is 13.9. The molecule has 0 spiro atoms. The molecule has 1 aromatic heterocycles. The second-order valence-corrected chi connectivity index (χ2v) is 20.3. The smallest absolute Gasteiger partial charge is 0.171 e. The van der Waals surface area contributed by atoms with Gasteiger partial charge in [-0.25, -0.2) is 0 Å². The fourth-order valence-electron chi connectivity index (χ4n) is 8.51. The molecule has 1 heterocycles. The molecule has 10 aromatic rings. The van der Waals surface area contributed by atoms with E-state index in [4.69, 9.17) is 0 Å². The Labute approximate surface area is 344 Å². The molecule has 9 aromatic carbocycles. The summed E-state index contributed by atoms with van der Waals surface area (Å²) in [7, 11) is -6.59. The Morgan fingerprint density at radius 3 is 0.983 bits per heavy atom. The maximum Gasteiger partial charge on any atom is 0.171 e. The SMILES string of the molecule is O=P(c1ccccc1)(c1ccccc1)c1ccc2c(c1)c1cc(P(=O)(c3ccccc3)c3ccccc3)ccc1n2-c1ccc(-c2ccccc2-c2ccccc2)cc1. The van der Waals surface area contributed by atoms with Crippen LogP contribution in [0.15, 0.2) is 237 Å². The summed E-state index contributed by atoms with van der Waals surface area (Å²) in [4.78, 5) is 0. The van der Waals surface area contributed by atoms with Gasteiger partial charge in [0.15, 0.2) is 14.3 Å². The van der Waals surface area contributed by atoms with E-state index < -0.39 is 14.3 Å². The molecule has 10 rings (SSSR count). The Bertz CT molecular complexity index is 2940. The van der Waals surface area contributed by atoms with E-state index >= 15 is 9.13 Å². The highest BCUT2D eigenvalue weighted by atomic mass is 31.2. The first-order valence-corrected chi connectivity index (χ1v) is 23.2. The monoisotopic (exact) mass is 795 g/mol. The minimum atomic E-state index is -3.30. The molecular formula is C54H39NO2P2. The molecule has 0 aliphatic rings. The molecule has 0 fully saturated rings. The summed E-state index contributed by atoms with van der Waals surface area (Å²) < 4.78 is 33.7. The second kappa shape index (κ2) is 15.2. The van der Waals surface area contributed by atoms with E-state index in [2.05, 4.69) is 102 Å². The van der Waals surface area contributed by atoms with Crippen molar-refractivity contribution in [3.63, 3.8) is 0 Å². The number of aromatic nitrogens is 1. The van der Waals surface area contributed by atoms with Crippen molar-refractivity contribution in [2.24, 2.45) is 0 Å². The summed E-state index contributed by atoms with van der Waals surface area (Å²) in [6, 6.07) is 79.4. The van der Waals surface area contributed by atoms with Gasteiger partial charge in [0.1, 0.15) is 0 Å². The lowest BCUT2D eigenvalue weighted by Crippen LogP contribution is -2.25. The topological polar surface area (TPSA) is 39.1 Å². The Morgan fingerprint density at radius 1 is 0.288 bits per heavy atom. The zero-order chi connectivity index (χ0) is 39.8.